The zero-order chi connectivity index (χ0) is 18.3. The number of hydrogen-bond acceptors (Lipinski definition) is 6. The molecule has 0 spiro atoms. The van der Waals surface area contributed by atoms with E-state index in [-0.39, 0.29) is 11.9 Å². The Morgan fingerprint density at radius 2 is 2.00 bits per heavy atom. The molecule has 26 heavy (non-hydrogen) atoms. The molecule has 0 saturated carbocycles. The van der Waals surface area contributed by atoms with E-state index in [2.05, 4.69) is 30.4 Å². The van der Waals surface area contributed by atoms with Gasteiger partial charge in [0, 0.05) is 39.4 Å². The molecule has 136 valence electrons. The van der Waals surface area contributed by atoms with Crippen molar-refractivity contribution in [3.05, 3.63) is 30.0 Å². The fourth-order valence-corrected chi connectivity index (χ4v) is 3.39. The maximum atomic E-state index is 12.3. The van der Waals surface area contributed by atoms with E-state index in [1.54, 1.807) is 28.7 Å². The molecule has 1 aliphatic rings. The second kappa shape index (κ2) is 6.40. The Balaban J connectivity index is 1.45. The Hall–Kier alpha value is -2.97. The fraction of sp³-hybridized carbons (Fsp3) is 0.471. The molecule has 1 aliphatic heterocycles. The number of fused-ring (bicyclic) bond motifs is 1. The first-order valence-electron chi connectivity index (χ1n) is 8.73. The third-order valence-corrected chi connectivity index (χ3v) is 4.76. The van der Waals surface area contributed by atoms with Crippen molar-refractivity contribution in [1.82, 2.24) is 34.8 Å². The average molecular weight is 354 g/mol. The molecule has 0 unspecified atom stereocenters. The van der Waals surface area contributed by atoms with Gasteiger partial charge in [0.25, 0.3) is 5.91 Å². The van der Waals surface area contributed by atoms with Crippen LogP contribution < -0.4 is 10.2 Å². The van der Waals surface area contributed by atoms with Gasteiger partial charge in [0.05, 0.1) is 11.6 Å². The molecule has 1 fully saturated rings. The number of aromatic nitrogens is 6. The number of piperidine rings is 1. The fourth-order valence-electron chi connectivity index (χ4n) is 3.39. The number of carbonyl (C=O) groups excluding carboxylic acids is 1. The van der Waals surface area contributed by atoms with Crippen LogP contribution in [0.4, 0.5) is 5.82 Å². The van der Waals surface area contributed by atoms with Crippen LogP contribution >= 0.6 is 0 Å². The topological polar surface area (TPSA) is 93.8 Å². The summed E-state index contributed by atoms with van der Waals surface area (Å²) in [6, 6.07) is 1.88. The first kappa shape index (κ1) is 16.5. The molecule has 0 radical (unpaired) electrons. The summed E-state index contributed by atoms with van der Waals surface area (Å²) in [6.45, 7) is 3.55. The minimum absolute atomic E-state index is 0.114. The highest BCUT2D eigenvalue weighted by Crippen LogP contribution is 2.26. The molecule has 3 aromatic heterocycles. The summed E-state index contributed by atoms with van der Waals surface area (Å²) in [6.07, 6.45) is 5.32. The molecule has 1 amide bonds. The molecule has 0 aromatic carbocycles. The molecule has 9 nitrogen and oxygen atoms in total. The van der Waals surface area contributed by atoms with Gasteiger partial charge in [0.15, 0.2) is 5.65 Å². The van der Waals surface area contributed by atoms with Crippen molar-refractivity contribution in [1.29, 1.82) is 0 Å². The summed E-state index contributed by atoms with van der Waals surface area (Å²) in [7, 11) is 3.69. The van der Waals surface area contributed by atoms with Crippen molar-refractivity contribution in [3.63, 3.8) is 0 Å². The minimum atomic E-state index is -0.114. The van der Waals surface area contributed by atoms with Crippen LogP contribution in [-0.2, 0) is 14.1 Å². The van der Waals surface area contributed by atoms with Crippen molar-refractivity contribution < 1.29 is 4.79 Å². The molecule has 1 N–H and O–H groups in total. The maximum Gasteiger partial charge on any atom is 0.271 e. The van der Waals surface area contributed by atoms with Gasteiger partial charge in [-0.1, -0.05) is 0 Å². The summed E-state index contributed by atoms with van der Waals surface area (Å²) in [4.78, 5) is 23.6. The van der Waals surface area contributed by atoms with E-state index in [0.29, 0.717) is 5.69 Å². The van der Waals surface area contributed by atoms with Gasteiger partial charge < -0.3 is 10.2 Å². The Kier molecular flexibility index (Phi) is 4.06. The molecule has 4 rings (SSSR count). The quantitative estimate of drug-likeness (QED) is 0.748. The number of anilines is 1. The van der Waals surface area contributed by atoms with E-state index in [0.717, 1.165) is 48.6 Å². The largest absolute Gasteiger partial charge is 0.356 e. The van der Waals surface area contributed by atoms with Crippen LogP contribution in [-0.4, -0.2) is 54.6 Å². The number of amides is 1. The molecular weight excluding hydrogens is 332 g/mol. The maximum absolute atomic E-state index is 12.3. The Morgan fingerprint density at radius 1 is 1.23 bits per heavy atom. The summed E-state index contributed by atoms with van der Waals surface area (Å²) >= 11 is 0. The van der Waals surface area contributed by atoms with Crippen LogP contribution in [0.25, 0.3) is 11.0 Å². The molecule has 0 aliphatic carbocycles. The monoisotopic (exact) mass is 354 g/mol. The van der Waals surface area contributed by atoms with Gasteiger partial charge in [-0.15, -0.1) is 0 Å². The van der Waals surface area contributed by atoms with Crippen LogP contribution in [0.1, 0.15) is 29.2 Å². The molecular formula is C17H22N8O. The number of nitrogens with one attached hydrogen (secondary N) is 1. The van der Waals surface area contributed by atoms with Crippen molar-refractivity contribution in [3.8, 4) is 0 Å². The number of carbonyl (C=O) groups is 1. The normalized spacial score (nSPS) is 15.6. The first-order valence-corrected chi connectivity index (χ1v) is 8.73. The van der Waals surface area contributed by atoms with E-state index in [1.807, 2.05) is 20.2 Å². The van der Waals surface area contributed by atoms with Crippen molar-refractivity contribution in [2.24, 2.45) is 14.1 Å². The lowest BCUT2D eigenvalue weighted by Crippen LogP contribution is -2.45. The van der Waals surface area contributed by atoms with E-state index in [1.165, 1.54) is 0 Å². The lowest BCUT2D eigenvalue weighted by Gasteiger charge is -2.33. The first-order chi connectivity index (χ1) is 12.5. The lowest BCUT2D eigenvalue weighted by molar-refractivity contribution is 0.0925. The molecule has 3 aromatic rings. The average Bonchev–Trinajstić information content (AvgIpc) is 3.22. The van der Waals surface area contributed by atoms with Gasteiger partial charge in [-0.25, -0.2) is 9.97 Å². The second-order valence-corrected chi connectivity index (χ2v) is 6.71. The summed E-state index contributed by atoms with van der Waals surface area (Å²) in [5.74, 6) is 1.55. The molecule has 0 atom stereocenters. The summed E-state index contributed by atoms with van der Waals surface area (Å²) in [5, 5.41) is 12.5. The van der Waals surface area contributed by atoms with Gasteiger partial charge in [-0.3, -0.25) is 14.2 Å². The zero-order valence-corrected chi connectivity index (χ0v) is 15.2. The molecule has 4 heterocycles. The highest BCUT2D eigenvalue weighted by Gasteiger charge is 2.24. The standard InChI is InChI=1S/C17H22N8O/c1-11-19-15-13(10-18-24(15)3)16(20-11)25-8-4-12(5-9-25)21-17(26)14-6-7-23(2)22-14/h6-7,10,12H,4-5,8-9H2,1-3H3,(H,21,26). The van der Waals surface area contributed by atoms with Gasteiger partial charge in [0.1, 0.15) is 17.3 Å². The van der Waals surface area contributed by atoms with Crippen molar-refractivity contribution >= 4 is 22.8 Å². The van der Waals surface area contributed by atoms with Crippen LogP contribution in [0.15, 0.2) is 18.5 Å². The third kappa shape index (κ3) is 3.00. The van der Waals surface area contributed by atoms with Crippen LogP contribution in [0.2, 0.25) is 0 Å². The van der Waals surface area contributed by atoms with Crippen LogP contribution in [0.5, 0.6) is 0 Å². The second-order valence-electron chi connectivity index (χ2n) is 6.71. The predicted octanol–water partition coefficient (Wildman–Crippen LogP) is 0.804. The highest BCUT2D eigenvalue weighted by molar-refractivity contribution is 5.92. The van der Waals surface area contributed by atoms with Crippen molar-refractivity contribution in [2.45, 2.75) is 25.8 Å². The Labute approximate surface area is 151 Å². The van der Waals surface area contributed by atoms with Crippen molar-refractivity contribution in [2.75, 3.05) is 18.0 Å². The smallest absolute Gasteiger partial charge is 0.271 e. The number of rotatable bonds is 3. The van der Waals surface area contributed by atoms with E-state index < -0.39 is 0 Å². The third-order valence-electron chi connectivity index (χ3n) is 4.76. The van der Waals surface area contributed by atoms with E-state index in [9.17, 15) is 4.79 Å². The predicted molar refractivity (Wildman–Crippen MR) is 97.0 cm³/mol. The minimum Gasteiger partial charge on any atom is -0.356 e. The number of nitrogens with zero attached hydrogens (tertiary/aromatic N) is 7. The van der Waals surface area contributed by atoms with Gasteiger partial charge in [-0.05, 0) is 25.8 Å². The highest BCUT2D eigenvalue weighted by atomic mass is 16.2. The summed E-state index contributed by atoms with van der Waals surface area (Å²) < 4.78 is 3.40. The number of aryl methyl sites for hydroxylation is 3. The van der Waals surface area contributed by atoms with Crippen LogP contribution in [0.3, 0.4) is 0 Å². The molecule has 1 saturated heterocycles. The molecule has 0 bridgehead atoms. The van der Waals surface area contributed by atoms with Gasteiger partial charge in [0.2, 0.25) is 0 Å². The Bertz CT molecular complexity index is 951. The zero-order valence-electron chi connectivity index (χ0n) is 15.2. The SMILES string of the molecule is Cc1nc(N2CCC(NC(=O)c3ccn(C)n3)CC2)c2cnn(C)c2n1. The Morgan fingerprint density at radius 3 is 2.69 bits per heavy atom. The van der Waals surface area contributed by atoms with E-state index >= 15 is 0 Å². The number of hydrogen-bond donors (Lipinski definition) is 1. The summed E-state index contributed by atoms with van der Waals surface area (Å²) in [5.41, 5.74) is 1.30. The lowest BCUT2D eigenvalue weighted by atomic mass is 10.0. The van der Waals surface area contributed by atoms with Gasteiger partial charge in [-0.2, -0.15) is 10.2 Å². The van der Waals surface area contributed by atoms with E-state index in [4.69, 9.17) is 0 Å². The molecule has 9 heteroatoms. The van der Waals surface area contributed by atoms with Gasteiger partial charge >= 0.3 is 0 Å². The van der Waals surface area contributed by atoms with Crippen LogP contribution in [0, 0.1) is 6.92 Å².